The first-order valence-electron chi connectivity index (χ1n) is 10.9. The van der Waals surface area contributed by atoms with Crippen LogP contribution in [0, 0.1) is 0 Å². The van der Waals surface area contributed by atoms with E-state index in [1.54, 1.807) is 36.0 Å². The zero-order chi connectivity index (χ0) is 23.8. The van der Waals surface area contributed by atoms with Gasteiger partial charge in [0, 0.05) is 6.54 Å². The molecular formula is C26H33NO4S. The number of carboxylic acids is 1. The van der Waals surface area contributed by atoms with Crippen molar-refractivity contribution >= 4 is 23.6 Å². The highest BCUT2D eigenvalue weighted by atomic mass is 32.2. The normalized spacial score (nSPS) is 17.1. The lowest BCUT2D eigenvalue weighted by Crippen LogP contribution is -2.30. The van der Waals surface area contributed by atoms with E-state index in [0.717, 1.165) is 22.3 Å². The Kier molecular flexibility index (Phi) is 6.66. The summed E-state index contributed by atoms with van der Waals surface area (Å²) in [6, 6.07) is 10.8. The molecule has 0 saturated carbocycles. The van der Waals surface area contributed by atoms with Gasteiger partial charge >= 0.3 is 5.97 Å². The van der Waals surface area contributed by atoms with Crippen LogP contribution in [0.2, 0.25) is 0 Å². The maximum absolute atomic E-state index is 13.1. The molecule has 2 aromatic carbocycles. The predicted molar refractivity (Wildman–Crippen MR) is 129 cm³/mol. The minimum atomic E-state index is -0.956. The molecule has 0 aliphatic carbocycles. The Balaban J connectivity index is 1.79. The number of hydrogen-bond acceptors (Lipinski definition) is 4. The van der Waals surface area contributed by atoms with Gasteiger partial charge in [0.25, 0.3) is 0 Å². The number of aromatic hydroxyl groups is 1. The van der Waals surface area contributed by atoms with Gasteiger partial charge in [-0.15, -0.1) is 11.8 Å². The molecule has 1 fully saturated rings. The van der Waals surface area contributed by atoms with Crippen molar-refractivity contribution in [3.05, 3.63) is 64.2 Å². The molecule has 0 aromatic heterocycles. The van der Waals surface area contributed by atoms with Gasteiger partial charge in [0.2, 0.25) is 5.91 Å². The van der Waals surface area contributed by atoms with Crippen molar-refractivity contribution in [1.82, 2.24) is 4.90 Å². The van der Waals surface area contributed by atoms with Crippen molar-refractivity contribution in [3.63, 3.8) is 0 Å². The topological polar surface area (TPSA) is 77.8 Å². The highest BCUT2D eigenvalue weighted by molar-refractivity contribution is 8.01. The van der Waals surface area contributed by atoms with Gasteiger partial charge in [-0.2, -0.15) is 0 Å². The van der Waals surface area contributed by atoms with Gasteiger partial charge in [-0.25, -0.2) is 4.79 Å². The van der Waals surface area contributed by atoms with E-state index in [-0.39, 0.29) is 27.6 Å². The third-order valence-electron chi connectivity index (χ3n) is 5.80. The van der Waals surface area contributed by atoms with Crippen LogP contribution < -0.4 is 0 Å². The molecule has 0 bridgehead atoms. The molecular weight excluding hydrogens is 422 g/mol. The number of aromatic carboxylic acids is 1. The number of nitrogens with zero attached hydrogens (tertiary/aromatic N) is 1. The monoisotopic (exact) mass is 455 g/mol. The van der Waals surface area contributed by atoms with Crippen LogP contribution in [0.3, 0.4) is 0 Å². The van der Waals surface area contributed by atoms with Crippen molar-refractivity contribution in [2.75, 3.05) is 5.88 Å². The van der Waals surface area contributed by atoms with Gasteiger partial charge in [-0.3, -0.25) is 4.79 Å². The molecule has 1 heterocycles. The number of carboxylic acid groups (broad SMARTS) is 1. The number of amides is 1. The third-order valence-corrected chi connectivity index (χ3v) is 7.03. The van der Waals surface area contributed by atoms with Crippen LogP contribution in [0.1, 0.15) is 74.2 Å². The minimum absolute atomic E-state index is 0.0972. The summed E-state index contributed by atoms with van der Waals surface area (Å²) >= 11 is 1.63. The van der Waals surface area contributed by atoms with Crippen LogP contribution in [-0.4, -0.2) is 38.1 Å². The maximum atomic E-state index is 13.1. The molecule has 1 saturated heterocycles. The summed E-state index contributed by atoms with van der Waals surface area (Å²) in [7, 11) is 0. The van der Waals surface area contributed by atoms with Gasteiger partial charge in [-0.1, -0.05) is 65.8 Å². The quantitative estimate of drug-likeness (QED) is 0.637. The van der Waals surface area contributed by atoms with Gasteiger partial charge < -0.3 is 15.1 Å². The van der Waals surface area contributed by atoms with Crippen LogP contribution in [0.4, 0.5) is 0 Å². The summed E-state index contributed by atoms with van der Waals surface area (Å²) in [6.07, 6.45) is 0.615. The number of hydrogen-bond donors (Lipinski definition) is 2. The molecule has 3 rings (SSSR count). The summed E-state index contributed by atoms with van der Waals surface area (Å²) in [4.78, 5) is 25.9. The predicted octanol–water partition coefficient (Wildman–Crippen LogP) is 5.33. The lowest BCUT2D eigenvalue weighted by atomic mass is 9.78. The highest BCUT2D eigenvalue weighted by Gasteiger charge is 2.34. The van der Waals surface area contributed by atoms with Crippen molar-refractivity contribution in [2.24, 2.45) is 0 Å². The van der Waals surface area contributed by atoms with E-state index >= 15 is 0 Å². The summed E-state index contributed by atoms with van der Waals surface area (Å²) in [5, 5.41) is 19.8. The fraction of sp³-hybridized carbons (Fsp3) is 0.462. The summed E-state index contributed by atoms with van der Waals surface area (Å²) < 4.78 is 0. The molecule has 2 aromatic rings. The average Bonchev–Trinajstić information content (AvgIpc) is 3.01. The van der Waals surface area contributed by atoms with Crippen LogP contribution in [0.15, 0.2) is 36.4 Å². The molecule has 0 radical (unpaired) electrons. The van der Waals surface area contributed by atoms with Gasteiger partial charge in [0.05, 0.1) is 16.7 Å². The first kappa shape index (κ1) is 24.2. The standard InChI is InChI=1S/C26H33NO4S/c1-25(2,3)19-11-17(12-20(22(19)28)26(4,5)6)13-21-23(29)27(15-32-21)14-16-7-9-18(10-8-16)24(30)31/h7-12,21,28H,13-15H2,1-6H3,(H,30,31). The average molecular weight is 456 g/mol. The number of carbonyl (C=O) groups excluding carboxylic acids is 1. The second kappa shape index (κ2) is 8.81. The van der Waals surface area contributed by atoms with E-state index < -0.39 is 5.97 Å². The maximum Gasteiger partial charge on any atom is 0.335 e. The SMILES string of the molecule is CC(C)(C)c1cc(CC2SCN(Cc3ccc(C(=O)O)cc3)C2=O)cc(C(C)(C)C)c1O. The van der Waals surface area contributed by atoms with Crippen LogP contribution >= 0.6 is 11.8 Å². The largest absolute Gasteiger partial charge is 0.507 e. The van der Waals surface area contributed by atoms with Gasteiger partial charge in [-0.05, 0) is 51.6 Å². The zero-order valence-electron chi connectivity index (χ0n) is 19.7. The Morgan fingerprint density at radius 2 is 1.53 bits per heavy atom. The smallest absolute Gasteiger partial charge is 0.335 e. The highest BCUT2D eigenvalue weighted by Crippen LogP contribution is 2.40. The van der Waals surface area contributed by atoms with E-state index in [1.807, 2.05) is 17.0 Å². The van der Waals surface area contributed by atoms with Crippen molar-refractivity contribution in [1.29, 1.82) is 0 Å². The Bertz CT molecular complexity index is 981. The van der Waals surface area contributed by atoms with Crippen molar-refractivity contribution < 1.29 is 19.8 Å². The first-order chi connectivity index (χ1) is 14.8. The molecule has 1 atom stereocenters. The third kappa shape index (κ3) is 5.29. The molecule has 32 heavy (non-hydrogen) atoms. The van der Waals surface area contributed by atoms with Gasteiger partial charge in [0.15, 0.2) is 0 Å². The van der Waals surface area contributed by atoms with Crippen LogP contribution in [-0.2, 0) is 28.6 Å². The number of phenols is 1. The fourth-order valence-electron chi connectivity index (χ4n) is 3.93. The van der Waals surface area contributed by atoms with Crippen molar-refractivity contribution in [3.8, 4) is 5.75 Å². The molecule has 6 heteroatoms. The van der Waals surface area contributed by atoms with Crippen LogP contribution in [0.5, 0.6) is 5.75 Å². The molecule has 1 unspecified atom stereocenters. The van der Waals surface area contributed by atoms with Crippen LogP contribution in [0.25, 0.3) is 0 Å². The second-order valence-electron chi connectivity index (χ2n) is 10.6. The summed E-state index contributed by atoms with van der Waals surface area (Å²) in [5.41, 5.74) is 3.62. The van der Waals surface area contributed by atoms with E-state index in [0.29, 0.717) is 24.6 Å². The molecule has 2 N–H and O–H groups in total. The number of rotatable bonds is 5. The minimum Gasteiger partial charge on any atom is -0.507 e. The van der Waals surface area contributed by atoms with E-state index in [1.165, 1.54) is 0 Å². The van der Waals surface area contributed by atoms with E-state index in [4.69, 9.17) is 5.11 Å². The van der Waals surface area contributed by atoms with E-state index in [2.05, 4.69) is 41.5 Å². The molecule has 1 aliphatic heterocycles. The van der Waals surface area contributed by atoms with Crippen molar-refractivity contribution in [2.45, 2.75) is 70.6 Å². The molecule has 1 amide bonds. The number of thioether (sulfide) groups is 1. The summed E-state index contributed by atoms with van der Waals surface area (Å²) in [5.74, 6) is 0.105. The fourth-order valence-corrected chi connectivity index (χ4v) is 5.11. The zero-order valence-corrected chi connectivity index (χ0v) is 20.5. The Labute approximate surface area is 194 Å². The lowest BCUT2D eigenvalue weighted by Gasteiger charge is -2.28. The number of benzene rings is 2. The summed E-state index contributed by atoms with van der Waals surface area (Å²) in [6.45, 7) is 13.0. The number of phenolic OH excluding ortho intramolecular Hbond substituents is 1. The number of carbonyl (C=O) groups is 2. The first-order valence-corrected chi connectivity index (χ1v) is 11.9. The molecule has 5 nitrogen and oxygen atoms in total. The van der Waals surface area contributed by atoms with Gasteiger partial charge in [0.1, 0.15) is 5.75 Å². The van der Waals surface area contributed by atoms with E-state index in [9.17, 15) is 14.7 Å². The lowest BCUT2D eigenvalue weighted by molar-refractivity contribution is -0.129. The Morgan fingerprint density at radius 3 is 2.00 bits per heavy atom. The molecule has 172 valence electrons. The Hall–Kier alpha value is -2.47. The Morgan fingerprint density at radius 1 is 1.00 bits per heavy atom. The second-order valence-corrected chi connectivity index (χ2v) is 11.7. The molecule has 1 aliphatic rings. The molecule has 0 spiro atoms.